The number of esters is 1. The van der Waals surface area contributed by atoms with Crippen LogP contribution >= 0.6 is 0 Å². The molecule has 35 heavy (non-hydrogen) atoms. The van der Waals surface area contributed by atoms with Crippen LogP contribution in [-0.4, -0.2) is 61.1 Å². The highest BCUT2D eigenvalue weighted by Gasteiger charge is 2.43. The van der Waals surface area contributed by atoms with Crippen LogP contribution < -0.4 is 4.74 Å². The molecule has 2 saturated heterocycles. The summed E-state index contributed by atoms with van der Waals surface area (Å²) in [5.74, 6) is 1.06. The van der Waals surface area contributed by atoms with E-state index in [1.54, 1.807) is 0 Å². The van der Waals surface area contributed by atoms with Crippen LogP contribution in [-0.2, 0) is 19.0 Å². The molecule has 0 spiro atoms. The summed E-state index contributed by atoms with van der Waals surface area (Å²) in [6, 6.07) is 7.92. The lowest BCUT2D eigenvalue weighted by atomic mass is 9.89. The Morgan fingerprint density at radius 1 is 1.00 bits per heavy atom. The number of hydrogen-bond donors (Lipinski definition) is 0. The average molecular weight is 486 g/mol. The zero-order chi connectivity index (χ0) is 25.0. The van der Waals surface area contributed by atoms with E-state index < -0.39 is 5.60 Å². The molecule has 2 bridgehead atoms. The lowest BCUT2D eigenvalue weighted by Crippen LogP contribution is -2.43. The molecule has 3 heterocycles. The third-order valence-electron chi connectivity index (χ3n) is 7.02. The van der Waals surface area contributed by atoms with E-state index in [1.165, 1.54) is 0 Å². The molecule has 3 aliphatic heterocycles. The number of hydrogen-bond acceptors (Lipinski definition) is 6. The standard InChI is InChI=1S/C28H39NO6/c1-5-33-26(30)25-17-22-9-8-21(29(22)27(31)35-28(2,3)4)16-24(25)20-6-10-23(11-7-20)34-18-19-12-14-32-15-13-19/h6-7,10-11,19,21-22H,5,8-9,12-18H2,1-4H3. The van der Waals surface area contributed by atoms with Crippen molar-refractivity contribution >= 4 is 17.6 Å². The summed E-state index contributed by atoms with van der Waals surface area (Å²) < 4.78 is 22.6. The molecule has 2 fully saturated rings. The van der Waals surface area contributed by atoms with Gasteiger partial charge in [-0.1, -0.05) is 12.1 Å². The number of nitrogens with zero attached hydrogens (tertiary/aromatic N) is 1. The normalized spacial score (nSPS) is 23.1. The highest BCUT2D eigenvalue weighted by atomic mass is 16.6. The highest BCUT2D eigenvalue weighted by Crippen LogP contribution is 2.42. The first-order chi connectivity index (χ1) is 16.7. The topological polar surface area (TPSA) is 74.3 Å². The number of carbonyl (C=O) groups excluding carboxylic acids is 2. The lowest BCUT2D eigenvalue weighted by molar-refractivity contribution is -0.138. The minimum Gasteiger partial charge on any atom is -0.493 e. The van der Waals surface area contributed by atoms with E-state index >= 15 is 0 Å². The maximum atomic E-state index is 13.1. The number of amides is 1. The van der Waals surface area contributed by atoms with Crippen molar-refractivity contribution < 1.29 is 28.5 Å². The predicted octanol–water partition coefficient (Wildman–Crippen LogP) is 5.37. The molecule has 1 aromatic rings. The first kappa shape index (κ1) is 25.5. The third-order valence-corrected chi connectivity index (χ3v) is 7.02. The minimum absolute atomic E-state index is 0.00113. The predicted molar refractivity (Wildman–Crippen MR) is 133 cm³/mol. The number of carbonyl (C=O) groups is 2. The molecule has 0 aliphatic carbocycles. The van der Waals surface area contributed by atoms with Crippen molar-refractivity contribution in [2.75, 3.05) is 26.4 Å². The van der Waals surface area contributed by atoms with Gasteiger partial charge in [0.15, 0.2) is 0 Å². The fourth-order valence-electron chi connectivity index (χ4n) is 5.29. The van der Waals surface area contributed by atoms with Crippen molar-refractivity contribution in [3.8, 4) is 5.75 Å². The van der Waals surface area contributed by atoms with Gasteiger partial charge in [0, 0.05) is 37.3 Å². The van der Waals surface area contributed by atoms with Crippen molar-refractivity contribution in [3.05, 3.63) is 35.4 Å². The minimum atomic E-state index is -0.566. The van der Waals surface area contributed by atoms with Crippen LogP contribution in [0.5, 0.6) is 5.75 Å². The quantitative estimate of drug-likeness (QED) is 0.504. The number of benzene rings is 1. The van der Waals surface area contributed by atoms with Crippen LogP contribution in [0.15, 0.2) is 29.8 Å². The Kier molecular flexibility index (Phi) is 8.05. The van der Waals surface area contributed by atoms with Gasteiger partial charge in [-0.3, -0.25) is 0 Å². The summed E-state index contributed by atoms with van der Waals surface area (Å²) in [5.41, 5.74) is 2.04. The van der Waals surface area contributed by atoms with E-state index in [9.17, 15) is 9.59 Å². The van der Waals surface area contributed by atoms with E-state index in [1.807, 2.05) is 56.9 Å². The second-order valence-corrected chi connectivity index (χ2v) is 10.7. The molecule has 0 aromatic heterocycles. The number of fused-ring (bicyclic) bond motifs is 2. The van der Waals surface area contributed by atoms with Gasteiger partial charge >= 0.3 is 12.1 Å². The first-order valence-electron chi connectivity index (χ1n) is 13.0. The second kappa shape index (κ2) is 11.0. The maximum Gasteiger partial charge on any atom is 0.410 e. The molecular formula is C28H39NO6. The zero-order valence-corrected chi connectivity index (χ0v) is 21.5. The van der Waals surface area contributed by atoms with Crippen LogP contribution in [0.3, 0.4) is 0 Å². The van der Waals surface area contributed by atoms with Crippen LogP contribution in [0.2, 0.25) is 0 Å². The van der Waals surface area contributed by atoms with E-state index in [0.29, 0.717) is 37.5 Å². The molecule has 3 aliphatic rings. The van der Waals surface area contributed by atoms with E-state index in [4.69, 9.17) is 18.9 Å². The van der Waals surface area contributed by atoms with Crippen molar-refractivity contribution in [3.63, 3.8) is 0 Å². The Labute approximate surface area is 208 Å². The van der Waals surface area contributed by atoms with E-state index in [0.717, 1.165) is 55.8 Å². The molecule has 0 saturated carbocycles. The summed E-state index contributed by atoms with van der Waals surface area (Å²) in [5, 5.41) is 0. The van der Waals surface area contributed by atoms with Gasteiger partial charge in [0.2, 0.25) is 0 Å². The van der Waals surface area contributed by atoms with E-state index in [-0.39, 0.29) is 24.1 Å². The molecule has 1 amide bonds. The molecule has 1 aromatic carbocycles. The van der Waals surface area contributed by atoms with Gasteiger partial charge in [0.1, 0.15) is 11.4 Å². The average Bonchev–Trinajstić information content (AvgIpc) is 3.13. The number of ether oxygens (including phenoxy) is 4. The van der Waals surface area contributed by atoms with Crippen molar-refractivity contribution in [1.82, 2.24) is 4.90 Å². The highest BCUT2D eigenvalue weighted by molar-refractivity contribution is 5.98. The smallest absolute Gasteiger partial charge is 0.410 e. The Morgan fingerprint density at radius 2 is 1.66 bits per heavy atom. The summed E-state index contributed by atoms with van der Waals surface area (Å²) in [7, 11) is 0. The molecule has 7 heteroatoms. The van der Waals surface area contributed by atoms with Gasteiger partial charge in [0.05, 0.1) is 13.2 Å². The van der Waals surface area contributed by atoms with Crippen molar-refractivity contribution in [2.24, 2.45) is 5.92 Å². The van der Waals surface area contributed by atoms with Gasteiger partial charge in [-0.25, -0.2) is 9.59 Å². The van der Waals surface area contributed by atoms with Gasteiger partial charge in [-0.05, 0) is 89.0 Å². The molecule has 2 atom stereocenters. The molecule has 2 unspecified atom stereocenters. The molecule has 0 radical (unpaired) electrons. The first-order valence-corrected chi connectivity index (χ1v) is 13.0. The van der Waals surface area contributed by atoms with Gasteiger partial charge < -0.3 is 23.8 Å². The Hall–Kier alpha value is -2.54. The molecule has 7 nitrogen and oxygen atoms in total. The Bertz CT molecular complexity index is 926. The molecule has 0 N–H and O–H groups in total. The maximum absolute atomic E-state index is 13.1. The summed E-state index contributed by atoms with van der Waals surface area (Å²) >= 11 is 0. The summed E-state index contributed by atoms with van der Waals surface area (Å²) in [6.07, 6.45) is 4.61. The second-order valence-electron chi connectivity index (χ2n) is 10.7. The third kappa shape index (κ3) is 6.37. The SMILES string of the molecule is CCOC(=O)C1=C(c2ccc(OCC3CCOCC3)cc2)CC2CCC(C1)N2C(=O)OC(C)(C)C. The zero-order valence-electron chi connectivity index (χ0n) is 21.5. The van der Waals surface area contributed by atoms with Gasteiger partial charge in [-0.15, -0.1) is 0 Å². The fourth-order valence-corrected chi connectivity index (χ4v) is 5.29. The van der Waals surface area contributed by atoms with Crippen molar-refractivity contribution in [2.45, 2.75) is 83.9 Å². The monoisotopic (exact) mass is 485 g/mol. The molecular weight excluding hydrogens is 446 g/mol. The van der Waals surface area contributed by atoms with E-state index in [2.05, 4.69) is 0 Å². The van der Waals surface area contributed by atoms with Gasteiger partial charge in [0.25, 0.3) is 0 Å². The largest absolute Gasteiger partial charge is 0.493 e. The number of rotatable bonds is 6. The summed E-state index contributed by atoms with van der Waals surface area (Å²) in [6.45, 7) is 10.1. The Balaban J connectivity index is 1.54. The van der Waals surface area contributed by atoms with Crippen LogP contribution in [0, 0.1) is 5.92 Å². The van der Waals surface area contributed by atoms with Gasteiger partial charge in [-0.2, -0.15) is 0 Å². The van der Waals surface area contributed by atoms with Crippen LogP contribution in [0.25, 0.3) is 5.57 Å². The summed E-state index contributed by atoms with van der Waals surface area (Å²) in [4.78, 5) is 27.9. The fraction of sp³-hybridized carbons (Fsp3) is 0.643. The van der Waals surface area contributed by atoms with Crippen LogP contribution in [0.1, 0.15) is 71.8 Å². The molecule has 4 rings (SSSR count). The lowest BCUT2D eigenvalue weighted by Gasteiger charge is -2.31. The Morgan fingerprint density at radius 3 is 2.29 bits per heavy atom. The van der Waals surface area contributed by atoms with Crippen LogP contribution in [0.4, 0.5) is 4.79 Å². The molecule has 192 valence electrons. The van der Waals surface area contributed by atoms with Crippen molar-refractivity contribution in [1.29, 1.82) is 0 Å².